The molecule has 3 aromatic rings. The largest absolute Gasteiger partial charge is 0.405 e. The summed E-state index contributed by atoms with van der Waals surface area (Å²) in [5, 5.41) is 4.03. The predicted octanol–water partition coefficient (Wildman–Crippen LogP) is 2.66. The maximum Gasteiger partial charge on any atom is 0.285 e. The number of hydrogen-bond acceptors (Lipinski definition) is 7. The number of anilines is 3. The van der Waals surface area contributed by atoms with Gasteiger partial charge in [-0.2, -0.15) is 4.98 Å². The average Bonchev–Trinajstić information content (AvgIpc) is 3.30. The first kappa shape index (κ1) is 19.8. The summed E-state index contributed by atoms with van der Waals surface area (Å²) >= 11 is 0. The molecular weight excluding hydrogens is 392 g/mol. The Morgan fingerprint density at radius 1 is 1.00 bits per heavy atom. The van der Waals surface area contributed by atoms with Crippen molar-refractivity contribution in [1.82, 2.24) is 19.6 Å². The van der Waals surface area contributed by atoms with Gasteiger partial charge in [0.25, 0.3) is 5.56 Å². The zero-order valence-electron chi connectivity index (χ0n) is 17.8. The first-order valence-electron chi connectivity index (χ1n) is 11.0. The number of rotatable bonds is 5. The zero-order valence-corrected chi connectivity index (χ0v) is 17.8. The second-order valence-corrected chi connectivity index (χ2v) is 8.41. The highest BCUT2D eigenvalue weighted by Gasteiger charge is 2.19. The molecule has 162 valence electrons. The van der Waals surface area contributed by atoms with Crippen LogP contribution in [-0.4, -0.2) is 58.9 Å². The van der Waals surface area contributed by atoms with Gasteiger partial charge in [0.05, 0.1) is 0 Å². The number of hydrogen-bond donors (Lipinski definition) is 1. The Kier molecular flexibility index (Phi) is 5.46. The minimum absolute atomic E-state index is 0.0665. The van der Waals surface area contributed by atoms with E-state index in [0.29, 0.717) is 11.6 Å². The zero-order chi connectivity index (χ0) is 21.2. The molecule has 0 radical (unpaired) electrons. The summed E-state index contributed by atoms with van der Waals surface area (Å²) in [5.74, 6) is 0.439. The lowest BCUT2D eigenvalue weighted by atomic mass is 10.2. The van der Waals surface area contributed by atoms with Crippen LogP contribution in [0.3, 0.4) is 0 Å². The van der Waals surface area contributed by atoms with E-state index < -0.39 is 0 Å². The average molecular weight is 421 g/mol. The van der Waals surface area contributed by atoms with Crippen LogP contribution in [0.5, 0.6) is 0 Å². The topological polar surface area (TPSA) is 75.5 Å². The first-order chi connectivity index (χ1) is 15.2. The third kappa shape index (κ3) is 4.34. The standard InChI is InChI=1S/C23H28N6O2/c1-27-12-14-28(15-13-27)19-9-7-18(8-10-19)25-23-24-16-17-6-11-21(30)29(22(17)26-23)31-20-4-2-3-5-20/h6-11,16,20H,2-5,12-15H2,1H3,(H,24,25,26). The van der Waals surface area contributed by atoms with E-state index in [1.807, 2.05) is 12.1 Å². The van der Waals surface area contributed by atoms with Gasteiger partial charge in [0, 0.05) is 55.2 Å². The Hall–Kier alpha value is -3.13. The third-order valence-electron chi connectivity index (χ3n) is 6.14. The molecule has 8 nitrogen and oxygen atoms in total. The van der Waals surface area contributed by atoms with Crippen molar-refractivity contribution in [1.29, 1.82) is 0 Å². The van der Waals surface area contributed by atoms with Crippen molar-refractivity contribution in [3.63, 3.8) is 0 Å². The van der Waals surface area contributed by atoms with Crippen LogP contribution in [0.15, 0.2) is 47.4 Å². The summed E-state index contributed by atoms with van der Waals surface area (Å²) < 4.78 is 1.33. The van der Waals surface area contributed by atoms with Crippen LogP contribution < -0.4 is 20.6 Å². The van der Waals surface area contributed by atoms with Gasteiger partial charge in [0.2, 0.25) is 5.95 Å². The highest BCUT2D eigenvalue weighted by atomic mass is 16.7. The van der Waals surface area contributed by atoms with Gasteiger partial charge >= 0.3 is 0 Å². The van der Waals surface area contributed by atoms with E-state index in [1.165, 1.54) is 16.5 Å². The Morgan fingerprint density at radius 2 is 1.74 bits per heavy atom. The molecule has 0 spiro atoms. The summed E-state index contributed by atoms with van der Waals surface area (Å²) in [6.45, 7) is 4.23. The monoisotopic (exact) mass is 420 g/mol. The molecule has 1 saturated carbocycles. The van der Waals surface area contributed by atoms with Crippen LogP contribution in [0.4, 0.5) is 17.3 Å². The number of aromatic nitrogens is 3. The summed E-state index contributed by atoms with van der Waals surface area (Å²) in [7, 11) is 2.16. The van der Waals surface area contributed by atoms with Gasteiger partial charge in [-0.3, -0.25) is 4.79 Å². The number of likely N-dealkylation sites (N-methyl/N-ethyl adjacent to an activating group) is 1. The molecule has 1 N–H and O–H groups in total. The molecule has 8 heteroatoms. The van der Waals surface area contributed by atoms with E-state index in [0.717, 1.165) is 62.9 Å². The Balaban J connectivity index is 1.36. The molecule has 0 amide bonds. The van der Waals surface area contributed by atoms with Gasteiger partial charge in [-0.25, -0.2) is 4.98 Å². The van der Waals surface area contributed by atoms with Crippen LogP contribution >= 0.6 is 0 Å². The fourth-order valence-corrected chi connectivity index (χ4v) is 4.25. The van der Waals surface area contributed by atoms with Gasteiger partial charge in [0.1, 0.15) is 6.10 Å². The predicted molar refractivity (Wildman–Crippen MR) is 122 cm³/mol. The maximum atomic E-state index is 12.4. The molecule has 0 unspecified atom stereocenters. The second kappa shape index (κ2) is 8.55. The highest BCUT2D eigenvalue weighted by Crippen LogP contribution is 2.22. The third-order valence-corrected chi connectivity index (χ3v) is 6.14. The van der Waals surface area contributed by atoms with Crippen LogP contribution in [0.25, 0.3) is 11.0 Å². The van der Waals surface area contributed by atoms with Crippen LogP contribution in [0, 0.1) is 0 Å². The first-order valence-corrected chi connectivity index (χ1v) is 11.0. The molecule has 31 heavy (non-hydrogen) atoms. The van der Waals surface area contributed by atoms with Crippen LogP contribution in [-0.2, 0) is 0 Å². The van der Waals surface area contributed by atoms with Crippen molar-refractivity contribution in [2.24, 2.45) is 0 Å². The fourth-order valence-electron chi connectivity index (χ4n) is 4.25. The highest BCUT2D eigenvalue weighted by molar-refractivity contribution is 5.75. The molecule has 1 aromatic carbocycles. The smallest absolute Gasteiger partial charge is 0.285 e. The van der Waals surface area contributed by atoms with Crippen molar-refractivity contribution in [2.45, 2.75) is 31.8 Å². The van der Waals surface area contributed by atoms with E-state index in [1.54, 1.807) is 12.3 Å². The molecule has 1 aliphatic heterocycles. The van der Waals surface area contributed by atoms with E-state index in [2.05, 4.69) is 44.3 Å². The van der Waals surface area contributed by atoms with E-state index in [4.69, 9.17) is 4.84 Å². The molecule has 2 aromatic heterocycles. The molecule has 3 heterocycles. The van der Waals surface area contributed by atoms with E-state index >= 15 is 0 Å². The molecule has 5 rings (SSSR count). The summed E-state index contributed by atoms with van der Waals surface area (Å²) in [6.07, 6.45) is 6.00. The van der Waals surface area contributed by atoms with Gasteiger partial charge < -0.3 is 20.0 Å². The van der Waals surface area contributed by atoms with Gasteiger partial charge in [-0.05, 0) is 63.1 Å². The Bertz CT molecular complexity index is 1100. The van der Waals surface area contributed by atoms with Gasteiger partial charge in [-0.15, -0.1) is 4.73 Å². The molecule has 2 aliphatic rings. The lowest BCUT2D eigenvalue weighted by molar-refractivity contribution is 0.0422. The number of benzene rings is 1. The van der Waals surface area contributed by atoms with Gasteiger partial charge in [-0.1, -0.05) is 0 Å². The van der Waals surface area contributed by atoms with Crippen molar-refractivity contribution >= 4 is 28.4 Å². The Labute approximate surface area is 181 Å². The minimum atomic E-state index is -0.208. The Morgan fingerprint density at radius 3 is 2.48 bits per heavy atom. The lowest BCUT2D eigenvalue weighted by Gasteiger charge is -2.34. The van der Waals surface area contributed by atoms with Gasteiger partial charge in [0.15, 0.2) is 5.65 Å². The number of pyridine rings is 1. The number of nitrogens with one attached hydrogen (secondary N) is 1. The quantitative estimate of drug-likeness (QED) is 0.680. The molecule has 0 bridgehead atoms. The SMILES string of the molecule is CN1CCN(c2ccc(Nc3ncc4ccc(=O)n(OC5CCCC5)c4n3)cc2)CC1. The summed E-state index contributed by atoms with van der Waals surface area (Å²) in [4.78, 5) is 32.2. The van der Waals surface area contributed by atoms with Crippen molar-refractivity contribution in [3.8, 4) is 0 Å². The summed E-state index contributed by atoms with van der Waals surface area (Å²) in [5.41, 5.74) is 2.40. The second-order valence-electron chi connectivity index (χ2n) is 8.41. The number of nitrogens with zero attached hydrogens (tertiary/aromatic N) is 5. The van der Waals surface area contributed by atoms with Crippen molar-refractivity contribution in [2.75, 3.05) is 43.4 Å². The summed E-state index contributed by atoms with van der Waals surface area (Å²) in [6, 6.07) is 11.6. The molecular formula is C23H28N6O2. The molecule has 0 atom stereocenters. The molecule has 2 fully saturated rings. The molecule has 1 saturated heterocycles. The van der Waals surface area contributed by atoms with E-state index in [9.17, 15) is 4.79 Å². The maximum absolute atomic E-state index is 12.4. The van der Waals surface area contributed by atoms with Crippen molar-refractivity contribution < 1.29 is 4.84 Å². The van der Waals surface area contributed by atoms with Crippen LogP contribution in [0.1, 0.15) is 25.7 Å². The number of piperazine rings is 1. The number of fused-ring (bicyclic) bond motifs is 1. The lowest BCUT2D eigenvalue weighted by Crippen LogP contribution is -2.44. The normalized spacial score (nSPS) is 17.9. The molecule has 1 aliphatic carbocycles. The minimum Gasteiger partial charge on any atom is -0.405 e. The van der Waals surface area contributed by atoms with Crippen molar-refractivity contribution in [3.05, 3.63) is 52.9 Å². The van der Waals surface area contributed by atoms with E-state index in [-0.39, 0.29) is 11.7 Å². The fraction of sp³-hybridized carbons (Fsp3) is 0.435. The van der Waals surface area contributed by atoms with Crippen LogP contribution in [0.2, 0.25) is 0 Å².